The Morgan fingerprint density at radius 1 is 1.33 bits per heavy atom. The molecule has 1 aromatic carbocycles. The number of aliphatic hydroxyl groups is 1. The fourth-order valence-corrected chi connectivity index (χ4v) is 2.18. The lowest BCUT2D eigenvalue weighted by atomic mass is 9.83. The summed E-state index contributed by atoms with van der Waals surface area (Å²) in [5, 5.41) is 9.13. The summed E-state index contributed by atoms with van der Waals surface area (Å²) in [6.07, 6.45) is 0.942. The van der Waals surface area contributed by atoms with Crippen LogP contribution in [0.1, 0.15) is 35.3 Å². The van der Waals surface area contributed by atoms with Crippen molar-refractivity contribution < 1.29 is 9.90 Å². The molecule has 1 aliphatic carbocycles. The second-order valence-electron chi connectivity index (χ2n) is 4.55. The molecule has 78 valence electrons. The van der Waals surface area contributed by atoms with Crippen LogP contribution in [0, 0.1) is 6.92 Å². The summed E-state index contributed by atoms with van der Waals surface area (Å²) in [5.74, 6) is -0.0544. The van der Waals surface area contributed by atoms with E-state index in [1.165, 1.54) is 0 Å². The number of hydrogen-bond acceptors (Lipinski definition) is 2. The summed E-state index contributed by atoms with van der Waals surface area (Å²) >= 11 is 0. The molecule has 0 aliphatic heterocycles. The highest BCUT2D eigenvalue weighted by Gasteiger charge is 2.41. The number of Topliss-reactive ketones (excluding diaryl/α,β-unsaturated/α-hetero) is 1. The van der Waals surface area contributed by atoms with Crippen LogP contribution in [0.25, 0.3) is 0 Å². The minimum absolute atomic E-state index is 0.0544. The molecule has 0 spiro atoms. The van der Waals surface area contributed by atoms with Crippen molar-refractivity contribution in [3.8, 4) is 0 Å². The Hall–Kier alpha value is -1.57. The van der Waals surface area contributed by atoms with Crippen molar-refractivity contribution in [3.05, 3.63) is 46.7 Å². The van der Waals surface area contributed by atoms with Crippen LogP contribution in [0.5, 0.6) is 0 Å². The molecule has 1 N–H and O–H groups in total. The zero-order chi connectivity index (χ0) is 11.2. The summed E-state index contributed by atoms with van der Waals surface area (Å²) < 4.78 is 0. The van der Waals surface area contributed by atoms with Crippen LogP contribution in [0.2, 0.25) is 0 Å². The Morgan fingerprint density at radius 3 is 2.60 bits per heavy atom. The highest BCUT2D eigenvalue weighted by Crippen LogP contribution is 2.42. The van der Waals surface area contributed by atoms with E-state index in [1.807, 2.05) is 39.0 Å². The molecule has 0 atom stereocenters. The molecule has 0 fully saturated rings. The number of allylic oxidation sites excluding steroid dienone is 1. The van der Waals surface area contributed by atoms with Gasteiger partial charge in [0.1, 0.15) is 0 Å². The van der Waals surface area contributed by atoms with Gasteiger partial charge in [-0.2, -0.15) is 0 Å². The molecule has 1 aromatic rings. The van der Waals surface area contributed by atoms with E-state index in [1.54, 1.807) is 0 Å². The molecule has 2 heteroatoms. The largest absolute Gasteiger partial charge is 0.515 e. The number of carbonyl (C=O) groups is 1. The first-order valence-electron chi connectivity index (χ1n) is 4.99. The van der Waals surface area contributed by atoms with E-state index in [9.17, 15) is 4.79 Å². The van der Waals surface area contributed by atoms with E-state index in [0.29, 0.717) is 5.57 Å². The van der Waals surface area contributed by atoms with Crippen molar-refractivity contribution in [1.82, 2.24) is 0 Å². The van der Waals surface area contributed by atoms with E-state index in [0.717, 1.165) is 23.0 Å². The summed E-state index contributed by atoms with van der Waals surface area (Å²) in [6, 6.07) is 5.85. The summed E-state index contributed by atoms with van der Waals surface area (Å²) in [7, 11) is 0. The maximum absolute atomic E-state index is 12.0. The van der Waals surface area contributed by atoms with Gasteiger partial charge in [-0.25, -0.2) is 0 Å². The topological polar surface area (TPSA) is 37.3 Å². The first-order valence-corrected chi connectivity index (χ1v) is 4.99. The van der Waals surface area contributed by atoms with Gasteiger partial charge in [0, 0.05) is 16.6 Å². The van der Waals surface area contributed by atoms with Crippen molar-refractivity contribution >= 4 is 5.78 Å². The van der Waals surface area contributed by atoms with Gasteiger partial charge in [-0.15, -0.1) is 0 Å². The third kappa shape index (κ3) is 1.21. The molecule has 0 amide bonds. The number of aryl methyl sites for hydroxylation is 1. The Bertz CT molecular complexity index is 467. The van der Waals surface area contributed by atoms with E-state index < -0.39 is 0 Å². The Labute approximate surface area is 89.2 Å². The predicted octanol–water partition coefficient (Wildman–Crippen LogP) is 2.91. The molecule has 0 bridgehead atoms. The van der Waals surface area contributed by atoms with Crippen molar-refractivity contribution in [2.75, 3.05) is 0 Å². The lowest BCUT2D eigenvalue weighted by Crippen LogP contribution is -2.16. The normalized spacial score (nSPS) is 20.7. The van der Waals surface area contributed by atoms with Gasteiger partial charge in [0.25, 0.3) is 0 Å². The molecule has 0 radical (unpaired) electrons. The van der Waals surface area contributed by atoms with Gasteiger partial charge in [-0.3, -0.25) is 4.79 Å². The van der Waals surface area contributed by atoms with Gasteiger partial charge < -0.3 is 5.11 Å². The van der Waals surface area contributed by atoms with Crippen LogP contribution in [-0.4, -0.2) is 10.9 Å². The molecule has 15 heavy (non-hydrogen) atoms. The average molecular weight is 202 g/mol. The third-order valence-electron chi connectivity index (χ3n) is 3.14. The van der Waals surface area contributed by atoms with Crippen LogP contribution in [-0.2, 0) is 5.41 Å². The quantitative estimate of drug-likeness (QED) is 0.518. The Kier molecular flexibility index (Phi) is 1.97. The molecule has 0 unspecified atom stereocenters. The maximum atomic E-state index is 12.0. The smallest absolute Gasteiger partial charge is 0.193 e. The second-order valence-corrected chi connectivity index (χ2v) is 4.55. The fourth-order valence-electron chi connectivity index (χ4n) is 2.18. The Balaban J connectivity index is 2.74. The first-order chi connectivity index (χ1) is 6.98. The second kappa shape index (κ2) is 2.96. The number of carbonyl (C=O) groups excluding carboxylic acids is 1. The zero-order valence-corrected chi connectivity index (χ0v) is 9.16. The van der Waals surface area contributed by atoms with Crippen LogP contribution in [0.3, 0.4) is 0 Å². The van der Waals surface area contributed by atoms with Gasteiger partial charge >= 0.3 is 0 Å². The van der Waals surface area contributed by atoms with Gasteiger partial charge in [0.2, 0.25) is 0 Å². The zero-order valence-electron chi connectivity index (χ0n) is 9.16. The molecular weight excluding hydrogens is 188 g/mol. The molecule has 2 rings (SSSR count). The Morgan fingerprint density at radius 2 is 2.00 bits per heavy atom. The van der Waals surface area contributed by atoms with E-state index in [2.05, 4.69) is 0 Å². The van der Waals surface area contributed by atoms with Crippen LogP contribution in [0.15, 0.2) is 30.0 Å². The van der Waals surface area contributed by atoms with E-state index in [4.69, 9.17) is 5.11 Å². The van der Waals surface area contributed by atoms with Crippen LogP contribution in [0.4, 0.5) is 0 Å². The molecule has 0 saturated carbocycles. The standard InChI is InChI=1S/C13H14O2/c1-8-4-5-10-9(6-8)12(15)11(7-14)13(10,2)3/h4-7,14H,1-3H3. The lowest BCUT2D eigenvalue weighted by molar-refractivity contribution is 0.103. The van der Waals surface area contributed by atoms with Crippen LogP contribution < -0.4 is 0 Å². The summed E-state index contributed by atoms with van der Waals surface area (Å²) in [6.45, 7) is 5.86. The minimum Gasteiger partial charge on any atom is -0.515 e. The number of aliphatic hydroxyl groups excluding tert-OH is 1. The molecular formula is C13H14O2. The third-order valence-corrected chi connectivity index (χ3v) is 3.14. The van der Waals surface area contributed by atoms with E-state index in [-0.39, 0.29) is 11.2 Å². The van der Waals surface area contributed by atoms with Gasteiger partial charge in [0.05, 0.1) is 6.26 Å². The lowest BCUT2D eigenvalue weighted by Gasteiger charge is -2.19. The number of hydrogen-bond donors (Lipinski definition) is 1. The van der Waals surface area contributed by atoms with Gasteiger partial charge in [-0.05, 0) is 18.6 Å². The first kappa shape index (κ1) is 9.97. The SMILES string of the molecule is Cc1ccc2c(c1)C(=O)C(=CO)C2(C)C. The van der Waals surface area contributed by atoms with Gasteiger partial charge in [0.15, 0.2) is 5.78 Å². The average Bonchev–Trinajstić information content (AvgIpc) is 2.34. The highest BCUT2D eigenvalue weighted by molar-refractivity contribution is 6.15. The molecule has 0 saturated heterocycles. The molecule has 1 aliphatic rings. The van der Waals surface area contributed by atoms with Gasteiger partial charge in [-0.1, -0.05) is 31.5 Å². The molecule has 0 heterocycles. The number of ketones is 1. The fraction of sp³-hybridized carbons (Fsp3) is 0.308. The monoisotopic (exact) mass is 202 g/mol. The molecule has 0 aromatic heterocycles. The minimum atomic E-state index is -0.380. The summed E-state index contributed by atoms with van der Waals surface area (Å²) in [5.41, 5.74) is 2.88. The highest BCUT2D eigenvalue weighted by atomic mass is 16.2. The van der Waals surface area contributed by atoms with Crippen molar-refractivity contribution in [3.63, 3.8) is 0 Å². The number of fused-ring (bicyclic) bond motifs is 1. The van der Waals surface area contributed by atoms with E-state index >= 15 is 0 Å². The summed E-state index contributed by atoms with van der Waals surface area (Å²) in [4.78, 5) is 12.0. The predicted molar refractivity (Wildman–Crippen MR) is 59.2 cm³/mol. The van der Waals surface area contributed by atoms with Crippen molar-refractivity contribution in [2.24, 2.45) is 0 Å². The number of rotatable bonds is 0. The van der Waals surface area contributed by atoms with Crippen molar-refractivity contribution in [2.45, 2.75) is 26.2 Å². The number of benzene rings is 1. The molecule has 2 nitrogen and oxygen atoms in total. The van der Waals surface area contributed by atoms with Crippen molar-refractivity contribution in [1.29, 1.82) is 0 Å². The van der Waals surface area contributed by atoms with Crippen LogP contribution >= 0.6 is 0 Å². The maximum Gasteiger partial charge on any atom is 0.193 e.